The summed E-state index contributed by atoms with van der Waals surface area (Å²) < 4.78 is 11.0. The number of thiophene rings is 1. The number of carbonyl (C=O) groups is 2. The fourth-order valence-corrected chi connectivity index (χ4v) is 12.6. The lowest BCUT2D eigenvalue weighted by atomic mass is 9.32. The summed E-state index contributed by atoms with van der Waals surface area (Å²) in [6, 6.07) is 19.4. The van der Waals surface area contributed by atoms with Gasteiger partial charge in [0.15, 0.2) is 17.3 Å². The van der Waals surface area contributed by atoms with E-state index in [1.807, 2.05) is 59.5 Å². The van der Waals surface area contributed by atoms with Crippen molar-refractivity contribution in [3.05, 3.63) is 106 Å². The molecule has 0 saturated heterocycles. The number of ketones is 1. The Morgan fingerprint density at radius 3 is 2.36 bits per heavy atom. The summed E-state index contributed by atoms with van der Waals surface area (Å²) in [6.45, 7) is 5.39. The Morgan fingerprint density at radius 1 is 0.887 bits per heavy atom. The van der Waals surface area contributed by atoms with Gasteiger partial charge >= 0.3 is 0 Å². The van der Waals surface area contributed by atoms with E-state index in [4.69, 9.17) is 9.47 Å². The molecule has 3 fully saturated rings. The molecule has 1 heterocycles. The van der Waals surface area contributed by atoms with Gasteiger partial charge in [0.25, 0.3) is 0 Å². The van der Waals surface area contributed by atoms with Crippen LogP contribution in [0.3, 0.4) is 0 Å². The normalized spacial score (nSPS) is 35.1. The van der Waals surface area contributed by atoms with Crippen LogP contribution in [0.25, 0.3) is 0 Å². The summed E-state index contributed by atoms with van der Waals surface area (Å²) in [7, 11) is 3.19. The number of amides is 1. The second-order valence-electron chi connectivity index (χ2n) is 17.0. The number of allylic oxidation sites excluding steroid dienone is 4. The molecule has 280 valence electrons. The molecular weight excluding hydrogens is 683 g/mol. The Hall–Kier alpha value is -3.72. The molecule has 9 rings (SSSR count). The van der Waals surface area contributed by atoms with E-state index in [1.165, 1.54) is 4.88 Å². The third-order valence-electron chi connectivity index (χ3n) is 14.8. The Kier molecular flexibility index (Phi) is 9.06. The zero-order chi connectivity index (χ0) is 37.2. The van der Waals surface area contributed by atoms with Gasteiger partial charge in [-0.3, -0.25) is 9.59 Å². The molecule has 8 heteroatoms. The SMILES string of the molecule is COc1ccc(CC(=O)N(CCc2cccs2)CC2(O)CCC3C45C=CC6(C=C4C(=O)c4ccccc4)CC(O)CCC6(C)C5CCC32C)cc1OC. The molecule has 53 heavy (non-hydrogen) atoms. The summed E-state index contributed by atoms with van der Waals surface area (Å²) in [5.41, 5.74) is -0.366. The Labute approximate surface area is 317 Å². The summed E-state index contributed by atoms with van der Waals surface area (Å²) in [4.78, 5) is 32.2. The van der Waals surface area contributed by atoms with Gasteiger partial charge in [-0.05, 0) is 97.8 Å². The minimum Gasteiger partial charge on any atom is -0.493 e. The fraction of sp³-hybridized carbons (Fsp3) is 0.511. The first-order valence-electron chi connectivity index (χ1n) is 19.4. The molecule has 1 amide bonds. The Bertz CT molecular complexity index is 1940. The lowest BCUT2D eigenvalue weighted by Gasteiger charge is -2.71. The van der Waals surface area contributed by atoms with Gasteiger partial charge in [-0.1, -0.05) is 74.5 Å². The topological polar surface area (TPSA) is 96.3 Å². The van der Waals surface area contributed by atoms with Crippen LogP contribution >= 0.6 is 11.3 Å². The van der Waals surface area contributed by atoms with Crippen molar-refractivity contribution >= 4 is 23.0 Å². The van der Waals surface area contributed by atoms with Crippen molar-refractivity contribution in [3.63, 3.8) is 0 Å². The first-order chi connectivity index (χ1) is 25.4. The highest BCUT2D eigenvalue weighted by Gasteiger charge is 2.74. The van der Waals surface area contributed by atoms with Gasteiger partial charge in [0.2, 0.25) is 5.91 Å². The van der Waals surface area contributed by atoms with Crippen LogP contribution in [0.5, 0.6) is 11.5 Å². The molecule has 2 N–H and O–H groups in total. The molecule has 0 aliphatic heterocycles. The van der Waals surface area contributed by atoms with Gasteiger partial charge in [-0.2, -0.15) is 0 Å². The van der Waals surface area contributed by atoms with E-state index in [0.29, 0.717) is 42.9 Å². The minimum atomic E-state index is -1.15. The summed E-state index contributed by atoms with van der Waals surface area (Å²) in [5.74, 6) is 1.44. The van der Waals surface area contributed by atoms with Crippen LogP contribution in [-0.2, 0) is 17.6 Å². The van der Waals surface area contributed by atoms with Crippen molar-refractivity contribution in [1.29, 1.82) is 0 Å². The van der Waals surface area contributed by atoms with Crippen LogP contribution in [-0.4, -0.2) is 65.8 Å². The first-order valence-corrected chi connectivity index (χ1v) is 20.2. The quantitative estimate of drug-likeness (QED) is 0.154. The van der Waals surface area contributed by atoms with Gasteiger partial charge < -0.3 is 24.6 Å². The maximum absolute atomic E-state index is 14.8. The lowest BCUT2D eigenvalue weighted by molar-refractivity contribution is -0.178. The minimum absolute atomic E-state index is 0.0102. The summed E-state index contributed by atoms with van der Waals surface area (Å²) in [5, 5.41) is 26.2. The molecule has 2 bridgehead atoms. The molecule has 2 aromatic carbocycles. The number of carbonyl (C=O) groups excluding carboxylic acids is 2. The highest BCUT2D eigenvalue weighted by atomic mass is 32.1. The third-order valence-corrected chi connectivity index (χ3v) is 15.7. The van der Waals surface area contributed by atoms with E-state index in [1.54, 1.807) is 25.6 Å². The molecular formula is C45H53NO6S. The average molecular weight is 736 g/mol. The van der Waals surface area contributed by atoms with Gasteiger partial charge in [0.05, 0.1) is 32.3 Å². The molecule has 3 saturated carbocycles. The first kappa shape index (κ1) is 36.3. The summed E-state index contributed by atoms with van der Waals surface area (Å²) >= 11 is 1.69. The second-order valence-corrected chi connectivity index (χ2v) is 18.0. The molecule has 7 nitrogen and oxygen atoms in total. The number of hydrogen-bond acceptors (Lipinski definition) is 7. The molecule has 8 unspecified atom stereocenters. The van der Waals surface area contributed by atoms with E-state index >= 15 is 0 Å². The van der Waals surface area contributed by atoms with E-state index < -0.39 is 22.5 Å². The maximum atomic E-state index is 14.8. The number of rotatable bonds is 11. The van der Waals surface area contributed by atoms with Crippen molar-refractivity contribution < 1.29 is 29.3 Å². The van der Waals surface area contributed by atoms with Crippen LogP contribution < -0.4 is 9.47 Å². The van der Waals surface area contributed by atoms with Crippen LogP contribution in [0.4, 0.5) is 0 Å². The molecule has 1 aromatic heterocycles. The van der Waals surface area contributed by atoms with Gasteiger partial charge in [-0.25, -0.2) is 0 Å². The second kappa shape index (κ2) is 13.2. The smallest absolute Gasteiger partial charge is 0.227 e. The highest BCUT2D eigenvalue weighted by Crippen LogP contribution is 2.78. The predicted molar refractivity (Wildman–Crippen MR) is 207 cm³/mol. The number of Topliss-reactive ketones (excluding diaryl/α,β-unsaturated/α-hetero) is 1. The number of ether oxygens (including phenoxy) is 2. The number of fused-ring (bicyclic) bond motifs is 1. The van der Waals surface area contributed by atoms with Gasteiger partial charge in [-0.15, -0.1) is 11.3 Å². The fourth-order valence-electron chi connectivity index (χ4n) is 11.9. The predicted octanol–water partition coefficient (Wildman–Crippen LogP) is 7.85. The van der Waals surface area contributed by atoms with E-state index in [9.17, 15) is 19.8 Å². The average Bonchev–Trinajstić information content (AvgIpc) is 3.78. The van der Waals surface area contributed by atoms with E-state index in [0.717, 1.165) is 43.2 Å². The number of aliphatic hydroxyl groups excluding tert-OH is 1. The zero-order valence-electron chi connectivity index (χ0n) is 31.5. The van der Waals surface area contributed by atoms with Crippen LogP contribution in [0.1, 0.15) is 79.6 Å². The summed E-state index contributed by atoms with van der Waals surface area (Å²) in [6.07, 6.45) is 12.8. The van der Waals surface area contributed by atoms with Crippen LogP contribution in [0.2, 0.25) is 0 Å². The van der Waals surface area contributed by atoms with Crippen molar-refractivity contribution in [2.75, 3.05) is 27.3 Å². The maximum Gasteiger partial charge on any atom is 0.227 e. The molecule has 2 spiro atoms. The van der Waals surface area contributed by atoms with E-state index in [2.05, 4.69) is 43.5 Å². The standard InChI is InChI=1S/C45H53NO6S/c1-41-18-14-32(47)27-43(41)21-22-45(34(28-43)40(49)31-9-6-5-7-10-31)37(41)15-19-42(2)38(45)16-20-44(42,50)29-46(23-17-33-11-8-24-53-33)39(48)26-30-12-13-35(51-3)36(25-30)52-4/h5-13,21-22,24-25,28,32,37-38,47,50H,14-20,23,26-27,29H2,1-4H3. The van der Waals surface area contributed by atoms with Crippen LogP contribution in [0.15, 0.2) is 89.8 Å². The molecule has 6 aliphatic rings. The van der Waals surface area contributed by atoms with Gasteiger partial charge in [0.1, 0.15) is 0 Å². The third kappa shape index (κ3) is 5.49. The Morgan fingerprint density at radius 2 is 1.62 bits per heavy atom. The van der Waals surface area contributed by atoms with Crippen LogP contribution in [0, 0.1) is 33.5 Å². The lowest BCUT2D eigenvalue weighted by Crippen LogP contribution is -2.67. The Balaban J connectivity index is 1.15. The highest BCUT2D eigenvalue weighted by molar-refractivity contribution is 7.09. The largest absolute Gasteiger partial charge is 0.493 e. The van der Waals surface area contributed by atoms with Crippen molar-refractivity contribution in [3.8, 4) is 11.5 Å². The number of benzene rings is 2. The number of methoxy groups -OCH3 is 2. The monoisotopic (exact) mass is 735 g/mol. The zero-order valence-corrected chi connectivity index (χ0v) is 32.3. The van der Waals surface area contributed by atoms with Crippen molar-refractivity contribution in [1.82, 2.24) is 4.90 Å². The van der Waals surface area contributed by atoms with Gasteiger partial charge in [0, 0.05) is 45.3 Å². The molecule has 6 aliphatic carbocycles. The number of nitrogens with zero attached hydrogens (tertiary/aromatic N) is 1. The molecule has 3 aromatic rings. The van der Waals surface area contributed by atoms with Crippen molar-refractivity contribution in [2.45, 2.75) is 83.3 Å². The molecule has 8 atom stereocenters. The van der Waals surface area contributed by atoms with Crippen molar-refractivity contribution in [2.24, 2.45) is 33.5 Å². The molecule has 0 radical (unpaired) electrons. The number of aliphatic hydroxyl groups is 2. The van der Waals surface area contributed by atoms with E-state index in [-0.39, 0.29) is 47.3 Å². The number of hydrogen-bond donors (Lipinski definition) is 2.